The molecule has 7 nitrogen and oxygen atoms in total. The number of para-hydroxylation sites is 1. The standard InChI is InChI=1S/C21H25F3N4O3/c1-14(2)28-20(30)17(7-10-26-28)25-13-19(29)27-11-8-15(9-12-27)31-18-6-4-3-5-16(18)21(22,23)24/h3-7,10,14-15,25H,8-9,11-13H2,1-2H3. The number of alkyl halides is 3. The van der Waals surface area contributed by atoms with Gasteiger partial charge in [0, 0.05) is 32.1 Å². The number of carbonyl (C=O) groups is 1. The molecule has 1 saturated heterocycles. The molecule has 0 aliphatic carbocycles. The lowest BCUT2D eigenvalue weighted by Crippen LogP contribution is -2.44. The van der Waals surface area contributed by atoms with Gasteiger partial charge in [-0.2, -0.15) is 18.3 Å². The van der Waals surface area contributed by atoms with Gasteiger partial charge in [-0.05, 0) is 32.0 Å². The zero-order chi connectivity index (χ0) is 22.6. The molecule has 3 rings (SSSR count). The maximum atomic E-state index is 13.1. The van der Waals surface area contributed by atoms with Crippen molar-refractivity contribution < 1.29 is 22.7 Å². The number of likely N-dealkylation sites (tertiary alicyclic amines) is 1. The lowest BCUT2D eigenvalue weighted by Gasteiger charge is -2.32. The SMILES string of the molecule is CC(C)n1nccc(NCC(=O)N2CCC(Oc3ccccc3C(F)(F)F)CC2)c1=O. The molecule has 10 heteroatoms. The number of aromatic nitrogens is 2. The minimum atomic E-state index is -4.49. The Labute approximate surface area is 177 Å². The average Bonchev–Trinajstić information content (AvgIpc) is 2.72. The number of ether oxygens (including phenoxy) is 1. The molecule has 2 heterocycles. The predicted octanol–water partition coefficient (Wildman–Crippen LogP) is 3.32. The van der Waals surface area contributed by atoms with E-state index in [0.717, 1.165) is 6.07 Å². The highest BCUT2D eigenvalue weighted by Crippen LogP contribution is 2.36. The van der Waals surface area contributed by atoms with Gasteiger partial charge in [-0.25, -0.2) is 4.68 Å². The minimum Gasteiger partial charge on any atom is -0.490 e. The Bertz CT molecular complexity index is 967. The normalized spacial score (nSPS) is 15.2. The first-order valence-corrected chi connectivity index (χ1v) is 10.1. The average molecular weight is 438 g/mol. The number of nitrogens with zero attached hydrogens (tertiary/aromatic N) is 3. The molecule has 0 unspecified atom stereocenters. The van der Waals surface area contributed by atoms with Crippen LogP contribution in [-0.2, 0) is 11.0 Å². The fourth-order valence-corrected chi connectivity index (χ4v) is 3.42. The van der Waals surface area contributed by atoms with Gasteiger partial charge in [0.15, 0.2) is 0 Å². The summed E-state index contributed by atoms with van der Waals surface area (Å²) in [5, 5.41) is 6.86. The van der Waals surface area contributed by atoms with Crippen LogP contribution in [0, 0.1) is 0 Å². The molecule has 0 saturated carbocycles. The molecule has 1 aromatic carbocycles. The van der Waals surface area contributed by atoms with Gasteiger partial charge in [-0.1, -0.05) is 12.1 Å². The highest BCUT2D eigenvalue weighted by atomic mass is 19.4. The van der Waals surface area contributed by atoms with Crippen LogP contribution in [0.5, 0.6) is 5.75 Å². The van der Waals surface area contributed by atoms with Crippen LogP contribution in [0.3, 0.4) is 0 Å². The molecule has 1 amide bonds. The highest BCUT2D eigenvalue weighted by molar-refractivity contribution is 5.80. The molecule has 0 radical (unpaired) electrons. The second-order valence-electron chi connectivity index (χ2n) is 7.63. The monoisotopic (exact) mass is 438 g/mol. The molecular weight excluding hydrogens is 413 g/mol. The van der Waals surface area contributed by atoms with E-state index in [0.29, 0.717) is 31.6 Å². The van der Waals surface area contributed by atoms with Crippen molar-refractivity contribution in [2.45, 2.75) is 45.0 Å². The second kappa shape index (κ2) is 9.40. The number of piperidine rings is 1. The smallest absolute Gasteiger partial charge is 0.419 e. The summed E-state index contributed by atoms with van der Waals surface area (Å²) < 4.78 is 46.3. The third kappa shape index (κ3) is 5.56. The number of carbonyl (C=O) groups excluding carboxylic acids is 1. The number of rotatable bonds is 6. The van der Waals surface area contributed by atoms with Crippen LogP contribution < -0.4 is 15.6 Å². The summed E-state index contributed by atoms with van der Waals surface area (Å²) in [6, 6.07) is 6.54. The Morgan fingerprint density at radius 2 is 1.90 bits per heavy atom. The Morgan fingerprint density at radius 1 is 1.23 bits per heavy atom. The van der Waals surface area contributed by atoms with Gasteiger partial charge in [0.25, 0.3) is 5.56 Å². The Kier molecular flexibility index (Phi) is 6.87. The number of anilines is 1. The summed E-state index contributed by atoms with van der Waals surface area (Å²) in [4.78, 5) is 26.4. The van der Waals surface area contributed by atoms with Gasteiger partial charge in [0.2, 0.25) is 5.91 Å². The van der Waals surface area contributed by atoms with Crippen LogP contribution in [0.25, 0.3) is 0 Å². The van der Waals surface area contributed by atoms with E-state index in [-0.39, 0.29) is 29.8 Å². The van der Waals surface area contributed by atoms with Crippen molar-refractivity contribution >= 4 is 11.6 Å². The summed E-state index contributed by atoms with van der Waals surface area (Å²) in [5.74, 6) is -0.387. The number of benzene rings is 1. The summed E-state index contributed by atoms with van der Waals surface area (Å²) in [6.07, 6.45) is -2.55. The molecule has 1 aromatic heterocycles. The summed E-state index contributed by atoms with van der Waals surface area (Å²) in [6.45, 7) is 4.35. The number of nitrogens with one attached hydrogen (secondary N) is 1. The molecule has 1 aliphatic rings. The van der Waals surface area contributed by atoms with Crippen LogP contribution >= 0.6 is 0 Å². The highest BCUT2D eigenvalue weighted by Gasteiger charge is 2.35. The molecule has 1 N–H and O–H groups in total. The van der Waals surface area contributed by atoms with Gasteiger partial charge < -0.3 is 15.0 Å². The van der Waals surface area contributed by atoms with Crippen molar-refractivity contribution in [3.05, 3.63) is 52.4 Å². The fourth-order valence-electron chi connectivity index (χ4n) is 3.42. The topological polar surface area (TPSA) is 76.5 Å². The minimum absolute atomic E-state index is 0.0558. The number of hydrogen-bond donors (Lipinski definition) is 1. The molecule has 31 heavy (non-hydrogen) atoms. The van der Waals surface area contributed by atoms with E-state index < -0.39 is 17.8 Å². The first-order chi connectivity index (χ1) is 14.7. The molecule has 0 atom stereocenters. The molecule has 0 bridgehead atoms. The van der Waals surface area contributed by atoms with Gasteiger partial charge in [0.1, 0.15) is 17.5 Å². The van der Waals surface area contributed by atoms with E-state index in [1.807, 2.05) is 13.8 Å². The molecule has 168 valence electrons. The fraction of sp³-hybridized carbons (Fsp3) is 0.476. The third-order valence-electron chi connectivity index (χ3n) is 5.07. The maximum absolute atomic E-state index is 13.1. The zero-order valence-corrected chi connectivity index (χ0v) is 17.4. The van der Waals surface area contributed by atoms with Gasteiger partial charge in [0.05, 0.1) is 18.2 Å². The van der Waals surface area contributed by atoms with E-state index >= 15 is 0 Å². The Morgan fingerprint density at radius 3 is 2.55 bits per heavy atom. The quantitative estimate of drug-likeness (QED) is 0.749. The van der Waals surface area contributed by atoms with Crippen molar-refractivity contribution in [2.75, 3.05) is 25.0 Å². The zero-order valence-electron chi connectivity index (χ0n) is 17.4. The molecule has 1 aliphatic heterocycles. The van der Waals surface area contributed by atoms with Gasteiger partial charge in [-0.15, -0.1) is 0 Å². The largest absolute Gasteiger partial charge is 0.490 e. The van der Waals surface area contributed by atoms with Crippen LogP contribution in [0.1, 0.15) is 38.3 Å². The lowest BCUT2D eigenvalue weighted by molar-refractivity contribution is -0.139. The number of halogens is 3. The van der Waals surface area contributed by atoms with Gasteiger partial charge in [-0.3, -0.25) is 9.59 Å². The van der Waals surface area contributed by atoms with E-state index in [1.165, 1.54) is 35.1 Å². The van der Waals surface area contributed by atoms with E-state index in [2.05, 4.69) is 10.4 Å². The third-order valence-corrected chi connectivity index (χ3v) is 5.07. The van der Waals surface area contributed by atoms with Crippen LogP contribution in [0.15, 0.2) is 41.3 Å². The molecule has 0 spiro atoms. The first-order valence-electron chi connectivity index (χ1n) is 10.1. The predicted molar refractivity (Wildman–Crippen MR) is 109 cm³/mol. The van der Waals surface area contributed by atoms with Crippen molar-refractivity contribution in [3.63, 3.8) is 0 Å². The van der Waals surface area contributed by atoms with Gasteiger partial charge >= 0.3 is 6.18 Å². The lowest BCUT2D eigenvalue weighted by atomic mass is 10.1. The Balaban J connectivity index is 1.53. The van der Waals surface area contributed by atoms with E-state index in [4.69, 9.17) is 4.74 Å². The summed E-state index contributed by atoms with van der Waals surface area (Å²) >= 11 is 0. The second-order valence-corrected chi connectivity index (χ2v) is 7.63. The van der Waals surface area contributed by atoms with Crippen molar-refractivity contribution in [1.29, 1.82) is 0 Å². The molecular formula is C21H25F3N4O3. The summed E-state index contributed by atoms with van der Waals surface area (Å²) in [7, 11) is 0. The van der Waals surface area contributed by atoms with Crippen molar-refractivity contribution in [2.24, 2.45) is 0 Å². The first kappa shape index (κ1) is 22.6. The van der Waals surface area contributed by atoms with Crippen LogP contribution in [0.2, 0.25) is 0 Å². The van der Waals surface area contributed by atoms with Crippen LogP contribution in [0.4, 0.5) is 18.9 Å². The number of amides is 1. The Hall–Kier alpha value is -3.04. The number of hydrogen-bond acceptors (Lipinski definition) is 5. The molecule has 1 fully saturated rings. The maximum Gasteiger partial charge on any atom is 0.419 e. The van der Waals surface area contributed by atoms with Crippen LogP contribution in [-0.4, -0.2) is 46.3 Å². The van der Waals surface area contributed by atoms with Crippen molar-refractivity contribution in [3.8, 4) is 5.75 Å². The van der Waals surface area contributed by atoms with E-state index in [9.17, 15) is 22.8 Å². The van der Waals surface area contributed by atoms with Crippen molar-refractivity contribution in [1.82, 2.24) is 14.7 Å². The van der Waals surface area contributed by atoms with E-state index in [1.54, 1.807) is 4.90 Å². The summed E-state index contributed by atoms with van der Waals surface area (Å²) in [5.41, 5.74) is -0.818. The molecule has 2 aromatic rings.